The Kier molecular flexibility index (Phi) is 15.0. The summed E-state index contributed by atoms with van der Waals surface area (Å²) in [7, 11) is 0. The van der Waals surface area contributed by atoms with E-state index >= 15 is 0 Å². The molecule has 0 saturated carbocycles. The molecule has 0 nitrogen and oxygen atoms in total. The quantitative estimate of drug-likeness (QED) is 0.277. The highest BCUT2D eigenvalue weighted by molar-refractivity contribution is 4.82. The zero-order chi connectivity index (χ0) is 12.6. The Morgan fingerprint density at radius 2 is 1.12 bits per heavy atom. The van der Waals surface area contributed by atoms with Gasteiger partial charge in [0.1, 0.15) is 0 Å². The van der Waals surface area contributed by atoms with Crippen molar-refractivity contribution in [2.45, 2.75) is 77.6 Å². The van der Waals surface area contributed by atoms with Gasteiger partial charge in [-0.1, -0.05) is 63.8 Å². The summed E-state index contributed by atoms with van der Waals surface area (Å²) in [5.74, 6) is 0. The van der Waals surface area contributed by atoms with Gasteiger partial charge in [0.15, 0.2) is 0 Å². The minimum absolute atomic E-state index is 1.03. The van der Waals surface area contributed by atoms with Gasteiger partial charge in [-0.15, -0.1) is 0 Å². The van der Waals surface area contributed by atoms with Crippen molar-refractivity contribution in [2.24, 2.45) is 0 Å². The van der Waals surface area contributed by atoms with Crippen molar-refractivity contribution < 1.29 is 0 Å². The van der Waals surface area contributed by atoms with Crippen LogP contribution in [0.5, 0.6) is 0 Å². The van der Waals surface area contributed by atoms with E-state index in [1.54, 1.807) is 0 Å². The average molecular weight is 235 g/mol. The molecule has 0 aromatic heterocycles. The summed E-state index contributed by atoms with van der Waals surface area (Å²) in [5.41, 5.74) is 0. The molecule has 0 bridgehead atoms. The van der Waals surface area contributed by atoms with Crippen LogP contribution in [0.1, 0.15) is 77.6 Å². The van der Waals surface area contributed by atoms with Gasteiger partial charge in [0, 0.05) is 0 Å². The maximum atomic E-state index is 3.82. The molecular formula is C17H31. The molecule has 0 unspecified atom stereocenters. The van der Waals surface area contributed by atoms with E-state index in [4.69, 9.17) is 0 Å². The smallest absolute Gasteiger partial charge is 0.0351 e. The monoisotopic (exact) mass is 235 g/mol. The van der Waals surface area contributed by atoms with Gasteiger partial charge in [0.05, 0.1) is 0 Å². The molecule has 1 radical (unpaired) electrons. The molecular weight excluding hydrogens is 204 g/mol. The van der Waals surface area contributed by atoms with E-state index in [0.29, 0.717) is 0 Å². The predicted molar refractivity (Wildman–Crippen MR) is 80.1 cm³/mol. The van der Waals surface area contributed by atoms with E-state index in [1.165, 1.54) is 57.8 Å². The third kappa shape index (κ3) is 15.5. The van der Waals surface area contributed by atoms with Crippen LogP contribution in [0.3, 0.4) is 0 Å². The standard InChI is InChI=1S/C17H31/c1-3-5-7-9-11-13-15-17-16-14-12-10-8-6-4-2/h7,9-10,12H,1,3-6,8,11,13-17H2,2H3. The Labute approximate surface area is 109 Å². The minimum atomic E-state index is 1.03. The lowest BCUT2D eigenvalue weighted by Gasteiger charge is -1.97. The molecule has 0 aromatic rings. The molecule has 0 spiro atoms. The van der Waals surface area contributed by atoms with Gasteiger partial charge in [0.2, 0.25) is 0 Å². The van der Waals surface area contributed by atoms with Crippen molar-refractivity contribution in [3.05, 3.63) is 31.2 Å². The van der Waals surface area contributed by atoms with Crippen molar-refractivity contribution in [3.63, 3.8) is 0 Å². The topological polar surface area (TPSA) is 0 Å². The van der Waals surface area contributed by atoms with Crippen LogP contribution in [-0.2, 0) is 0 Å². The van der Waals surface area contributed by atoms with Crippen LogP contribution >= 0.6 is 0 Å². The predicted octanol–water partition coefficient (Wildman–Crippen LogP) is 6.24. The summed E-state index contributed by atoms with van der Waals surface area (Å²) < 4.78 is 0. The molecule has 0 aliphatic carbocycles. The number of hydrogen-bond acceptors (Lipinski definition) is 0. The Hall–Kier alpha value is -0.520. The van der Waals surface area contributed by atoms with E-state index in [0.717, 1.165) is 12.8 Å². The maximum absolute atomic E-state index is 3.82. The second kappa shape index (κ2) is 15.5. The van der Waals surface area contributed by atoms with Crippen molar-refractivity contribution in [2.75, 3.05) is 0 Å². The van der Waals surface area contributed by atoms with Crippen LogP contribution in [0.25, 0.3) is 0 Å². The molecule has 0 amide bonds. The molecule has 0 saturated heterocycles. The Bertz CT molecular complexity index is 176. The lowest BCUT2D eigenvalue weighted by molar-refractivity contribution is 0.651. The minimum Gasteiger partial charge on any atom is -0.0885 e. The first-order valence-electron chi connectivity index (χ1n) is 7.51. The third-order valence-electron chi connectivity index (χ3n) is 2.92. The molecule has 0 rings (SSSR count). The highest BCUT2D eigenvalue weighted by atomic mass is 13.9. The van der Waals surface area contributed by atoms with E-state index in [1.807, 2.05) is 0 Å². The number of unbranched alkanes of at least 4 members (excludes halogenated alkanes) is 8. The van der Waals surface area contributed by atoms with Gasteiger partial charge >= 0.3 is 0 Å². The first-order chi connectivity index (χ1) is 8.41. The average Bonchev–Trinajstić information content (AvgIpc) is 2.35. The first kappa shape index (κ1) is 16.5. The molecule has 0 aliphatic rings. The van der Waals surface area contributed by atoms with Crippen LogP contribution in [0, 0.1) is 6.92 Å². The van der Waals surface area contributed by atoms with Crippen LogP contribution in [0.4, 0.5) is 0 Å². The van der Waals surface area contributed by atoms with Crippen LogP contribution in [-0.4, -0.2) is 0 Å². The summed E-state index contributed by atoms with van der Waals surface area (Å²) in [5, 5.41) is 0. The molecule has 0 aliphatic heterocycles. The number of rotatable bonds is 12. The first-order valence-corrected chi connectivity index (χ1v) is 7.51. The molecule has 0 heterocycles. The molecule has 0 heteroatoms. The molecule has 0 aromatic carbocycles. The van der Waals surface area contributed by atoms with Gasteiger partial charge in [-0.2, -0.15) is 0 Å². The lowest BCUT2D eigenvalue weighted by atomic mass is 10.1. The molecule has 0 fully saturated rings. The summed E-state index contributed by atoms with van der Waals surface area (Å²) in [6, 6.07) is 0. The van der Waals surface area contributed by atoms with Crippen molar-refractivity contribution in [1.82, 2.24) is 0 Å². The third-order valence-corrected chi connectivity index (χ3v) is 2.92. The molecule has 99 valence electrons. The van der Waals surface area contributed by atoms with Crippen molar-refractivity contribution in [3.8, 4) is 0 Å². The van der Waals surface area contributed by atoms with E-state index in [9.17, 15) is 0 Å². The highest BCUT2D eigenvalue weighted by Crippen LogP contribution is 2.07. The van der Waals surface area contributed by atoms with Gasteiger partial charge in [0.25, 0.3) is 0 Å². The number of hydrogen-bond donors (Lipinski definition) is 0. The van der Waals surface area contributed by atoms with Crippen LogP contribution < -0.4 is 0 Å². The zero-order valence-electron chi connectivity index (χ0n) is 11.8. The van der Waals surface area contributed by atoms with Gasteiger partial charge in [-0.3, -0.25) is 0 Å². The van der Waals surface area contributed by atoms with E-state index in [-0.39, 0.29) is 0 Å². The van der Waals surface area contributed by atoms with Crippen molar-refractivity contribution in [1.29, 1.82) is 0 Å². The maximum Gasteiger partial charge on any atom is -0.0351 e. The van der Waals surface area contributed by atoms with E-state index < -0.39 is 0 Å². The zero-order valence-corrected chi connectivity index (χ0v) is 11.8. The van der Waals surface area contributed by atoms with Crippen LogP contribution in [0.15, 0.2) is 24.3 Å². The number of allylic oxidation sites excluding steroid dienone is 4. The second-order valence-corrected chi connectivity index (χ2v) is 4.72. The van der Waals surface area contributed by atoms with Crippen LogP contribution in [0.2, 0.25) is 0 Å². The molecule has 0 atom stereocenters. The summed E-state index contributed by atoms with van der Waals surface area (Å²) in [6.07, 6.45) is 23.4. The molecule has 0 N–H and O–H groups in total. The summed E-state index contributed by atoms with van der Waals surface area (Å²) >= 11 is 0. The molecule has 17 heavy (non-hydrogen) atoms. The normalized spacial score (nSPS) is 11.9. The SMILES string of the molecule is [CH2]CCC=CCCCCCCC=CCCCC. The Balaban J connectivity index is 3.05. The largest absolute Gasteiger partial charge is 0.0885 e. The lowest BCUT2D eigenvalue weighted by Crippen LogP contribution is -1.77. The second-order valence-electron chi connectivity index (χ2n) is 4.72. The van der Waals surface area contributed by atoms with Gasteiger partial charge in [-0.05, 0) is 44.9 Å². The summed E-state index contributed by atoms with van der Waals surface area (Å²) in [6.45, 7) is 6.07. The highest BCUT2D eigenvalue weighted by Gasteiger charge is 1.87. The summed E-state index contributed by atoms with van der Waals surface area (Å²) in [4.78, 5) is 0. The Morgan fingerprint density at radius 3 is 1.59 bits per heavy atom. The Morgan fingerprint density at radius 1 is 0.647 bits per heavy atom. The fourth-order valence-electron chi connectivity index (χ4n) is 1.79. The van der Waals surface area contributed by atoms with Gasteiger partial charge < -0.3 is 0 Å². The fourth-order valence-corrected chi connectivity index (χ4v) is 1.79. The van der Waals surface area contributed by atoms with Gasteiger partial charge in [-0.25, -0.2) is 0 Å². The van der Waals surface area contributed by atoms with E-state index in [2.05, 4.69) is 38.2 Å². The van der Waals surface area contributed by atoms with Crippen molar-refractivity contribution >= 4 is 0 Å². The fraction of sp³-hybridized carbons (Fsp3) is 0.706.